The summed E-state index contributed by atoms with van der Waals surface area (Å²) in [6.45, 7) is 7.09. The highest BCUT2D eigenvalue weighted by atomic mass is 32.2. The Kier molecular flexibility index (Phi) is 7.74. The molecule has 1 fully saturated rings. The van der Waals surface area contributed by atoms with Crippen LogP contribution in [0.3, 0.4) is 0 Å². The largest absolute Gasteiger partial charge is 0.495 e. The summed E-state index contributed by atoms with van der Waals surface area (Å²) >= 11 is 1.25. The first-order valence-electron chi connectivity index (χ1n) is 9.98. The SMILES string of the molecule is C=CCn1c(C)nnc1SCC(=O)Nc1ccc(OC)c(S(=O)(=O)N2CCCCC2)c1. The van der Waals surface area contributed by atoms with Gasteiger partial charge in [0, 0.05) is 25.3 Å². The van der Waals surface area contributed by atoms with Crippen molar-refractivity contribution in [1.29, 1.82) is 0 Å². The average molecular weight is 466 g/mol. The predicted molar refractivity (Wildman–Crippen MR) is 120 cm³/mol. The highest BCUT2D eigenvalue weighted by Gasteiger charge is 2.29. The maximum Gasteiger partial charge on any atom is 0.246 e. The summed E-state index contributed by atoms with van der Waals surface area (Å²) in [5, 5.41) is 11.5. The van der Waals surface area contributed by atoms with Crippen molar-refractivity contribution >= 4 is 33.4 Å². The number of rotatable bonds is 9. The van der Waals surface area contributed by atoms with Gasteiger partial charge in [-0.05, 0) is 38.0 Å². The maximum absolute atomic E-state index is 13.1. The van der Waals surface area contributed by atoms with Gasteiger partial charge in [0.25, 0.3) is 0 Å². The van der Waals surface area contributed by atoms with Crippen LogP contribution in [0.1, 0.15) is 25.1 Å². The fourth-order valence-electron chi connectivity index (χ4n) is 3.34. The predicted octanol–water partition coefficient (Wildman–Crippen LogP) is 2.69. The third-order valence-corrected chi connectivity index (χ3v) is 7.81. The van der Waals surface area contributed by atoms with Crippen molar-refractivity contribution in [1.82, 2.24) is 19.1 Å². The number of anilines is 1. The highest BCUT2D eigenvalue weighted by Crippen LogP contribution is 2.31. The van der Waals surface area contributed by atoms with Crippen LogP contribution in [0.2, 0.25) is 0 Å². The number of sulfonamides is 1. The zero-order valence-electron chi connectivity index (χ0n) is 17.7. The quantitative estimate of drug-likeness (QED) is 0.448. The summed E-state index contributed by atoms with van der Waals surface area (Å²) in [6.07, 6.45) is 4.44. The molecule has 0 bridgehead atoms. The Hall–Kier alpha value is -2.37. The van der Waals surface area contributed by atoms with Crippen LogP contribution >= 0.6 is 11.8 Å². The number of carbonyl (C=O) groups is 1. The molecule has 1 saturated heterocycles. The second-order valence-corrected chi connectivity index (χ2v) is 9.95. The number of benzene rings is 1. The Morgan fingerprint density at radius 1 is 1.29 bits per heavy atom. The lowest BCUT2D eigenvalue weighted by atomic mass is 10.2. The summed E-state index contributed by atoms with van der Waals surface area (Å²) in [5.41, 5.74) is 0.394. The summed E-state index contributed by atoms with van der Waals surface area (Å²) < 4.78 is 34.9. The molecule has 9 nitrogen and oxygen atoms in total. The van der Waals surface area contributed by atoms with Crippen LogP contribution in [0.15, 0.2) is 40.9 Å². The third kappa shape index (κ3) is 5.46. The molecule has 2 aromatic rings. The van der Waals surface area contributed by atoms with Gasteiger partial charge in [0.05, 0.1) is 12.9 Å². The number of nitrogens with one attached hydrogen (secondary N) is 1. The first kappa shape index (κ1) is 23.3. The normalized spacial score (nSPS) is 14.9. The van der Waals surface area contributed by atoms with Gasteiger partial charge in [-0.2, -0.15) is 4.31 Å². The lowest BCUT2D eigenvalue weighted by molar-refractivity contribution is -0.113. The van der Waals surface area contributed by atoms with Gasteiger partial charge in [0.2, 0.25) is 15.9 Å². The lowest BCUT2D eigenvalue weighted by Gasteiger charge is -2.26. The van der Waals surface area contributed by atoms with Gasteiger partial charge in [-0.3, -0.25) is 4.79 Å². The summed E-state index contributed by atoms with van der Waals surface area (Å²) in [7, 11) is -2.28. The number of allylic oxidation sites excluding steroid dienone is 1. The number of nitrogens with zero attached hydrogens (tertiary/aromatic N) is 4. The molecule has 0 unspecified atom stereocenters. The molecule has 1 aromatic heterocycles. The van der Waals surface area contributed by atoms with Gasteiger partial charge in [-0.25, -0.2) is 8.42 Å². The number of thioether (sulfide) groups is 1. The number of aryl methyl sites for hydroxylation is 1. The van der Waals surface area contributed by atoms with E-state index in [0.717, 1.165) is 25.1 Å². The minimum Gasteiger partial charge on any atom is -0.495 e. The van der Waals surface area contributed by atoms with E-state index in [0.29, 0.717) is 30.5 Å². The van der Waals surface area contributed by atoms with Gasteiger partial charge < -0.3 is 14.6 Å². The fraction of sp³-hybridized carbons (Fsp3) is 0.450. The van der Waals surface area contributed by atoms with Crippen molar-refractivity contribution in [2.75, 3.05) is 31.3 Å². The molecule has 0 atom stereocenters. The van der Waals surface area contributed by atoms with Crippen molar-refractivity contribution in [2.24, 2.45) is 0 Å². The van der Waals surface area contributed by atoms with E-state index in [1.807, 2.05) is 11.5 Å². The number of amides is 1. The number of aromatic nitrogens is 3. The molecule has 1 N–H and O–H groups in total. The number of hydrogen-bond donors (Lipinski definition) is 1. The van der Waals surface area contributed by atoms with E-state index >= 15 is 0 Å². The smallest absolute Gasteiger partial charge is 0.246 e. The Balaban J connectivity index is 1.72. The van der Waals surface area contributed by atoms with E-state index < -0.39 is 10.0 Å². The maximum atomic E-state index is 13.1. The van der Waals surface area contributed by atoms with Crippen LogP contribution < -0.4 is 10.1 Å². The average Bonchev–Trinajstić information content (AvgIpc) is 3.12. The number of piperidine rings is 1. The van der Waals surface area contributed by atoms with E-state index in [1.165, 1.54) is 29.2 Å². The Morgan fingerprint density at radius 2 is 2.03 bits per heavy atom. The molecule has 1 aromatic carbocycles. The van der Waals surface area contributed by atoms with E-state index in [9.17, 15) is 13.2 Å². The molecule has 168 valence electrons. The number of hydrogen-bond acceptors (Lipinski definition) is 7. The Morgan fingerprint density at radius 3 is 2.71 bits per heavy atom. The van der Waals surface area contributed by atoms with Gasteiger partial charge in [-0.1, -0.05) is 24.3 Å². The van der Waals surface area contributed by atoms with E-state index in [1.54, 1.807) is 18.2 Å². The molecule has 1 aliphatic heterocycles. The standard InChI is InChI=1S/C20H27N5O4S2/c1-4-10-25-15(2)22-23-20(25)30-14-19(26)21-16-8-9-17(29-3)18(13-16)31(27,28)24-11-6-5-7-12-24/h4,8-9,13H,1,5-7,10-12,14H2,2-3H3,(H,21,26). The first-order chi connectivity index (χ1) is 14.9. The van der Waals surface area contributed by atoms with Crippen molar-refractivity contribution in [3.8, 4) is 5.75 Å². The van der Waals surface area contributed by atoms with Crippen LogP contribution in [-0.4, -0.2) is 59.3 Å². The second-order valence-electron chi connectivity index (χ2n) is 7.10. The number of carbonyl (C=O) groups excluding carboxylic acids is 1. The Labute approximate surface area is 186 Å². The van der Waals surface area contributed by atoms with Crippen LogP contribution in [0, 0.1) is 6.92 Å². The van der Waals surface area contributed by atoms with Gasteiger partial charge >= 0.3 is 0 Å². The molecule has 0 saturated carbocycles. The molecule has 0 radical (unpaired) electrons. The molecule has 1 aliphatic rings. The third-order valence-electron chi connectivity index (χ3n) is 4.93. The van der Waals surface area contributed by atoms with Crippen LogP contribution in [0.4, 0.5) is 5.69 Å². The molecule has 31 heavy (non-hydrogen) atoms. The van der Waals surface area contributed by atoms with Crippen LogP contribution in [0.25, 0.3) is 0 Å². The van der Waals surface area contributed by atoms with Gasteiger partial charge in [-0.15, -0.1) is 16.8 Å². The zero-order chi connectivity index (χ0) is 22.4. The van der Waals surface area contributed by atoms with Gasteiger partial charge in [0.1, 0.15) is 16.5 Å². The minimum absolute atomic E-state index is 0.0590. The van der Waals surface area contributed by atoms with Crippen molar-refractivity contribution in [2.45, 2.75) is 42.8 Å². The molecule has 1 amide bonds. The van der Waals surface area contributed by atoms with Crippen LogP contribution in [0.5, 0.6) is 5.75 Å². The fourth-order valence-corrected chi connectivity index (χ4v) is 5.83. The summed E-state index contributed by atoms with van der Waals surface area (Å²) in [6, 6.07) is 4.64. The Bertz CT molecular complexity index is 1050. The minimum atomic E-state index is -3.71. The lowest BCUT2D eigenvalue weighted by Crippen LogP contribution is -2.35. The topological polar surface area (TPSA) is 106 Å². The van der Waals surface area contributed by atoms with E-state index in [4.69, 9.17) is 4.74 Å². The molecule has 3 rings (SSSR count). The summed E-state index contributed by atoms with van der Waals surface area (Å²) in [5.74, 6) is 0.828. The monoisotopic (exact) mass is 465 g/mol. The molecule has 11 heteroatoms. The zero-order valence-corrected chi connectivity index (χ0v) is 19.3. The molecular weight excluding hydrogens is 438 g/mol. The van der Waals surface area contributed by atoms with Crippen LogP contribution in [-0.2, 0) is 21.4 Å². The second kappa shape index (κ2) is 10.3. The number of methoxy groups -OCH3 is 1. The van der Waals surface area contributed by atoms with E-state index in [-0.39, 0.29) is 22.3 Å². The van der Waals surface area contributed by atoms with Crippen molar-refractivity contribution in [3.05, 3.63) is 36.7 Å². The molecule has 0 aliphatic carbocycles. The van der Waals surface area contributed by atoms with Crippen molar-refractivity contribution < 1.29 is 17.9 Å². The molecular formula is C20H27N5O4S2. The van der Waals surface area contributed by atoms with E-state index in [2.05, 4.69) is 22.1 Å². The van der Waals surface area contributed by atoms with Crippen molar-refractivity contribution in [3.63, 3.8) is 0 Å². The summed E-state index contributed by atoms with van der Waals surface area (Å²) in [4.78, 5) is 12.5. The number of ether oxygens (including phenoxy) is 1. The van der Waals surface area contributed by atoms with Gasteiger partial charge in [0.15, 0.2) is 5.16 Å². The molecule has 0 spiro atoms. The first-order valence-corrected chi connectivity index (χ1v) is 12.4. The molecule has 2 heterocycles. The highest BCUT2D eigenvalue weighted by molar-refractivity contribution is 7.99.